The monoisotopic (exact) mass is 369 g/mol. The van der Waals surface area contributed by atoms with Crippen molar-refractivity contribution in [3.63, 3.8) is 0 Å². The molecule has 4 aliphatic rings. The van der Waals surface area contributed by atoms with Gasteiger partial charge in [-0.2, -0.15) is 0 Å². The molecule has 0 N–H and O–H groups in total. The van der Waals surface area contributed by atoms with E-state index >= 15 is 0 Å². The Morgan fingerprint density at radius 1 is 1.19 bits per heavy atom. The predicted octanol–water partition coefficient (Wildman–Crippen LogP) is 4.55. The highest BCUT2D eigenvalue weighted by atomic mass is 16.5. The topological polar surface area (TPSA) is 38.8 Å². The van der Waals surface area contributed by atoms with E-state index in [1.807, 2.05) is 24.1 Å². The summed E-state index contributed by atoms with van der Waals surface area (Å²) < 4.78 is 11.0. The first kappa shape index (κ1) is 18.4. The number of ether oxygens (including phenoxy) is 2. The number of methoxy groups -OCH3 is 1. The van der Waals surface area contributed by atoms with E-state index in [4.69, 9.17) is 9.47 Å². The highest BCUT2D eigenvalue weighted by Gasteiger charge is 2.51. The number of hydrogen-bond acceptors (Lipinski definition) is 3. The van der Waals surface area contributed by atoms with E-state index in [-0.39, 0.29) is 5.91 Å². The van der Waals surface area contributed by atoms with Gasteiger partial charge in [-0.1, -0.05) is 12.7 Å². The van der Waals surface area contributed by atoms with E-state index in [1.54, 1.807) is 19.3 Å². The first-order valence-electron chi connectivity index (χ1n) is 10.2. The molecule has 4 bridgehead atoms. The molecular weight excluding hydrogens is 338 g/mol. The molecule has 0 atom stereocenters. The van der Waals surface area contributed by atoms with Crippen LogP contribution in [0.15, 0.2) is 30.9 Å². The minimum atomic E-state index is 0.0688. The van der Waals surface area contributed by atoms with E-state index in [1.165, 1.54) is 38.5 Å². The molecule has 5 rings (SSSR count). The molecule has 4 saturated carbocycles. The maximum atomic E-state index is 13.1. The number of hydrogen-bond donors (Lipinski definition) is 0. The van der Waals surface area contributed by atoms with Crippen LogP contribution in [0.2, 0.25) is 0 Å². The molecule has 0 spiro atoms. The molecule has 4 fully saturated rings. The van der Waals surface area contributed by atoms with Crippen LogP contribution in [0.1, 0.15) is 48.9 Å². The molecule has 4 aliphatic carbocycles. The molecule has 146 valence electrons. The van der Waals surface area contributed by atoms with E-state index in [9.17, 15) is 4.79 Å². The molecule has 1 aromatic carbocycles. The van der Waals surface area contributed by atoms with E-state index in [2.05, 4.69) is 6.58 Å². The number of carbonyl (C=O) groups is 1. The second-order valence-corrected chi connectivity index (χ2v) is 9.04. The molecule has 1 aromatic rings. The lowest BCUT2D eigenvalue weighted by molar-refractivity contribution is -0.0629. The normalized spacial score (nSPS) is 30.8. The summed E-state index contributed by atoms with van der Waals surface area (Å²) in [5, 5.41) is 0. The molecule has 0 saturated heterocycles. The lowest BCUT2D eigenvalue weighted by atomic mass is 9.49. The molecular formula is C23H31NO3. The van der Waals surface area contributed by atoms with Crippen molar-refractivity contribution in [3.05, 3.63) is 36.4 Å². The van der Waals surface area contributed by atoms with Crippen LogP contribution in [0.25, 0.3) is 0 Å². The van der Waals surface area contributed by atoms with Crippen LogP contribution >= 0.6 is 0 Å². The fourth-order valence-corrected chi connectivity index (χ4v) is 6.35. The number of benzene rings is 1. The lowest BCUT2D eigenvalue weighted by Crippen LogP contribution is -2.51. The number of carbonyl (C=O) groups excluding carboxylic acids is 1. The molecule has 0 radical (unpaired) electrons. The third kappa shape index (κ3) is 3.59. The van der Waals surface area contributed by atoms with Gasteiger partial charge < -0.3 is 14.4 Å². The minimum Gasteiger partial charge on any atom is -0.493 e. The summed E-state index contributed by atoms with van der Waals surface area (Å²) in [4.78, 5) is 15.0. The largest absolute Gasteiger partial charge is 0.493 e. The van der Waals surface area contributed by atoms with Crippen LogP contribution in [-0.2, 0) is 0 Å². The van der Waals surface area contributed by atoms with E-state index in [0.717, 1.165) is 24.3 Å². The number of nitrogens with zero attached hydrogens (tertiary/aromatic N) is 1. The van der Waals surface area contributed by atoms with Crippen molar-refractivity contribution in [3.8, 4) is 11.5 Å². The Bertz CT molecular complexity index is 691. The Hall–Kier alpha value is -1.97. The Morgan fingerprint density at radius 2 is 1.81 bits per heavy atom. The van der Waals surface area contributed by atoms with Gasteiger partial charge in [-0.25, -0.2) is 0 Å². The molecule has 0 unspecified atom stereocenters. The van der Waals surface area contributed by atoms with Crippen LogP contribution in [0.4, 0.5) is 0 Å². The van der Waals surface area contributed by atoms with Crippen molar-refractivity contribution < 1.29 is 14.3 Å². The first-order valence-corrected chi connectivity index (χ1v) is 10.2. The molecule has 0 aromatic heterocycles. The van der Waals surface area contributed by atoms with Crippen molar-refractivity contribution >= 4 is 5.91 Å². The van der Waals surface area contributed by atoms with Gasteiger partial charge in [-0.05, 0) is 79.9 Å². The lowest BCUT2D eigenvalue weighted by Gasteiger charge is -2.57. The predicted molar refractivity (Wildman–Crippen MR) is 106 cm³/mol. The van der Waals surface area contributed by atoms with Gasteiger partial charge in [0.1, 0.15) is 6.61 Å². The number of amides is 1. The fourth-order valence-electron chi connectivity index (χ4n) is 6.35. The van der Waals surface area contributed by atoms with Gasteiger partial charge in [-0.3, -0.25) is 4.79 Å². The van der Waals surface area contributed by atoms with Gasteiger partial charge in [-0.15, -0.1) is 0 Å². The van der Waals surface area contributed by atoms with Gasteiger partial charge in [0.25, 0.3) is 5.91 Å². The molecule has 0 aliphatic heterocycles. The summed E-state index contributed by atoms with van der Waals surface area (Å²) in [5.74, 6) is 4.01. The Labute approximate surface area is 162 Å². The van der Waals surface area contributed by atoms with E-state index < -0.39 is 0 Å². The van der Waals surface area contributed by atoms with Crippen molar-refractivity contribution in [1.82, 2.24) is 4.90 Å². The van der Waals surface area contributed by atoms with Crippen molar-refractivity contribution in [2.75, 3.05) is 27.3 Å². The summed E-state index contributed by atoms with van der Waals surface area (Å²) >= 11 is 0. The SMILES string of the molecule is C=CCOc1ccc(C(=O)N(C)CC23CC4CC(CC(C4)C2)C3)cc1OC. The van der Waals surface area contributed by atoms with Crippen LogP contribution in [0.5, 0.6) is 11.5 Å². The van der Waals surface area contributed by atoms with Gasteiger partial charge >= 0.3 is 0 Å². The van der Waals surface area contributed by atoms with Gasteiger partial charge in [0, 0.05) is 19.2 Å². The van der Waals surface area contributed by atoms with Gasteiger partial charge in [0.2, 0.25) is 0 Å². The average molecular weight is 370 g/mol. The van der Waals surface area contributed by atoms with Gasteiger partial charge in [0.15, 0.2) is 11.5 Å². The number of rotatable bonds is 7. The fraction of sp³-hybridized carbons (Fsp3) is 0.609. The van der Waals surface area contributed by atoms with Crippen LogP contribution in [0.3, 0.4) is 0 Å². The van der Waals surface area contributed by atoms with Crippen LogP contribution < -0.4 is 9.47 Å². The zero-order chi connectivity index (χ0) is 19.0. The third-order valence-corrected chi connectivity index (χ3v) is 6.85. The average Bonchev–Trinajstić information content (AvgIpc) is 2.64. The molecule has 1 amide bonds. The maximum Gasteiger partial charge on any atom is 0.253 e. The summed E-state index contributed by atoms with van der Waals surface area (Å²) in [5.41, 5.74) is 1.01. The Morgan fingerprint density at radius 3 is 2.37 bits per heavy atom. The summed E-state index contributed by atoms with van der Waals surface area (Å²) in [6.45, 7) is 4.96. The summed E-state index contributed by atoms with van der Waals surface area (Å²) in [7, 11) is 3.55. The van der Waals surface area contributed by atoms with Crippen molar-refractivity contribution in [2.45, 2.75) is 38.5 Å². The second-order valence-electron chi connectivity index (χ2n) is 9.04. The Balaban J connectivity index is 1.47. The molecule has 0 heterocycles. The Kier molecular flexibility index (Phi) is 4.92. The zero-order valence-electron chi connectivity index (χ0n) is 16.6. The molecule has 4 nitrogen and oxygen atoms in total. The van der Waals surface area contributed by atoms with Crippen molar-refractivity contribution in [2.24, 2.45) is 23.2 Å². The summed E-state index contributed by atoms with van der Waals surface area (Å²) in [6, 6.07) is 5.44. The zero-order valence-corrected chi connectivity index (χ0v) is 16.6. The molecule has 4 heteroatoms. The minimum absolute atomic E-state index is 0.0688. The smallest absolute Gasteiger partial charge is 0.253 e. The highest BCUT2D eigenvalue weighted by molar-refractivity contribution is 5.94. The highest BCUT2D eigenvalue weighted by Crippen LogP contribution is 2.60. The van der Waals surface area contributed by atoms with Crippen LogP contribution in [0, 0.1) is 23.2 Å². The quantitative estimate of drug-likeness (QED) is 0.662. The van der Waals surface area contributed by atoms with Crippen LogP contribution in [-0.4, -0.2) is 38.1 Å². The molecule has 27 heavy (non-hydrogen) atoms. The second kappa shape index (κ2) is 7.21. The van der Waals surface area contributed by atoms with E-state index in [0.29, 0.717) is 29.1 Å². The van der Waals surface area contributed by atoms with Crippen molar-refractivity contribution in [1.29, 1.82) is 0 Å². The first-order chi connectivity index (χ1) is 13.0. The maximum absolute atomic E-state index is 13.1. The third-order valence-electron chi connectivity index (χ3n) is 6.85. The van der Waals surface area contributed by atoms with Gasteiger partial charge in [0.05, 0.1) is 7.11 Å². The summed E-state index contributed by atoms with van der Waals surface area (Å²) in [6.07, 6.45) is 9.93. The standard InChI is InChI=1S/C23H31NO3/c1-4-7-27-20-6-5-19(11-21(20)26-3)22(25)24(2)15-23-12-16-8-17(13-23)10-18(9-16)14-23/h4-6,11,16-18H,1,7-10,12-15H2,2-3H3.